The zero-order valence-electron chi connectivity index (χ0n) is 11.0. The highest BCUT2D eigenvalue weighted by molar-refractivity contribution is 6.02. The van der Waals surface area contributed by atoms with Crippen LogP contribution in [0.4, 0.5) is 24.5 Å². The summed E-state index contributed by atoms with van der Waals surface area (Å²) < 4.78 is 37.6. The van der Waals surface area contributed by atoms with Gasteiger partial charge < -0.3 is 15.8 Å². The first-order valence-electron chi connectivity index (χ1n) is 5.77. The Balaban J connectivity index is 3.36. The summed E-state index contributed by atoms with van der Waals surface area (Å²) >= 11 is 0. The van der Waals surface area contributed by atoms with Gasteiger partial charge in [-0.25, -0.2) is 0 Å². The summed E-state index contributed by atoms with van der Waals surface area (Å²) in [7, 11) is 0. The highest BCUT2D eigenvalue weighted by atomic mass is 19.4. The zero-order valence-corrected chi connectivity index (χ0v) is 11.0. The molecule has 1 aromatic carbocycles. The average Bonchev–Trinajstić information content (AvgIpc) is 2.42. The number of nitro groups is 1. The number of hydrogen-bond donors (Lipinski definition) is 2. The second kappa shape index (κ2) is 6.29. The highest BCUT2D eigenvalue weighted by Gasteiger charge is 2.31. The number of alkyl halides is 3. The number of rotatable bonds is 5. The van der Waals surface area contributed by atoms with Crippen LogP contribution in [0.2, 0.25) is 0 Å². The second-order valence-electron chi connectivity index (χ2n) is 4.07. The second-order valence-corrected chi connectivity index (χ2v) is 4.07. The van der Waals surface area contributed by atoms with Crippen molar-refractivity contribution in [3.8, 4) is 0 Å². The summed E-state index contributed by atoms with van der Waals surface area (Å²) in [6.45, 7) is 0.221. The maximum absolute atomic E-state index is 12.5. The molecule has 0 aromatic heterocycles. The number of anilines is 1. The molecule has 0 spiro atoms. The first-order valence-corrected chi connectivity index (χ1v) is 5.77. The Morgan fingerprint density at radius 2 is 2.14 bits per heavy atom. The molecule has 0 aliphatic heterocycles. The van der Waals surface area contributed by atoms with Crippen LogP contribution in [0.25, 0.3) is 0 Å². The van der Waals surface area contributed by atoms with E-state index in [0.29, 0.717) is 0 Å². The number of benzene rings is 1. The van der Waals surface area contributed by atoms with Gasteiger partial charge in [-0.05, 0) is 13.0 Å². The number of halogens is 3. The molecule has 0 heterocycles. The Morgan fingerprint density at radius 1 is 1.52 bits per heavy atom. The van der Waals surface area contributed by atoms with Crippen molar-refractivity contribution in [1.82, 2.24) is 0 Å². The van der Waals surface area contributed by atoms with Crippen LogP contribution in [0, 0.1) is 10.1 Å². The molecule has 0 saturated heterocycles. The minimum Gasteiger partial charge on any atom is -0.409 e. The van der Waals surface area contributed by atoms with Crippen molar-refractivity contribution in [3.63, 3.8) is 0 Å². The lowest BCUT2D eigenvalue weighted by Gasteiger charge is -2.26. The van der Waals surface area contributed by atoms with E-state index in [1.54, 1.807) is 0 Å². The lowest BCUT2D eigenvalue weighted by Crippen LogP contribution is -2.35. The predicted molar refractivity (Wildman–Crippen MR) is 69.5 cm³/mol. The van der Waals surface area contributed by atoms with Gasteiger partial charge in [-0.3, -0.25) is 10.1 Å². The predicted octanol–water partition coefficient (Wildman–Crippen LogP) is 2.08. The molecule has 7 nitrogen and oxygen atoms in total. The number of oxime groups is 1. The Kier molecular flexibility index (Phi) is 4.95. The van der Waals surface area contributed by atoms with Crippen molar-refractivity contribution in [2.24, 2.45) is 10.9 Å². The molecule has 0 fully saturated rings. The fourth-order valence-electron chi connectivity index (χ4n) is 1.76. The summed E-state index contributed by atoms with van der Waals surface area (Å²) in [5, 5.41) is 22.1. The Hall–Kier alpha value is -2.52. The largest absolute Gasteiger partial charge is 0.409 e. The summed E-state index contributed by atoms with van der Waals surface area (Å²) in [5.74, 6) is -0.505. The van der Waals surface area contributed by atoms with E-state index in [2.05, 4.69) is 5.16 Å². The zero-order chi connectivity index (χ0) is 16.2. The van der Waals surface area contributed by atoms with Crippen LogP contribution < -0.4 is 10.6 Å². The number of amidine groups is 1. The number of nitrogens with two attached hydrogens (primary N) is 1. The van der Waals surface area contributed by atoms with Crippen molar-refractivity contribution in [2.45, 2.75) is 13.1 Å². The van der Waals surface area contributed by atoms with Crippen molar-refractivity contribution in [3.05, 3.63) is 33.9 Å². The third kappa shape index (κ3) is 4.23. The molecule has 1 rings (SSSR count). The smallest absolute Gasteiger partial charge is 0.405 e. The van der Waals surface area contributed by atoms with Gasteiger partial charge in [-0.2, -0.15) is 13.2 Å². The number of nitro benzene ring substituents is 1. The van der Waals surface area contributed by atoms with E-state index >= 15 is 0 Å². The van der Waals surface area contributed by atoms with Crippen LogP contribution in [0.5, 0.6) is 0 Å². The Bertz CT molecular complexity index is 560. The lowest BCUT2D eigenvalue weighted by atomic mass is 10.1. The molecule has 0 aliphatic carbocycles. The van der Waals surface area contributed by atoms with Crippen molar-refractivity contribution in [1.29, 1.82) is 0 Å². The molecular formula is C11H13F3N4O3. The third-order valence-corrected chi connectivity index (χ3v) is 2.67. The van der Waals surface area contributed by atoms with Gasteiger partial charge in [0.15, 0.2) is 5.84 Å². The molecule has 0 amide bonds. The van der Waals surface area contributed by atoms with E-state index in [-0.39, 0.29) is 23.5 Å². The number of hydrogen-bond acceptors (Lipinski definition) is 5. The van der Waals surface area contributed by atoms with Crippen LogP contribution in [-0.4, -0.2) is 35.2 Å². The molecule has 0 bridgehead atoms. The topological polar surface area (TPSA) is 105 Å². The van der Waals surface area contributed by atoms with Crippen molar-refractivity contribution >= 4 is 17.2 Å². The molecule has 10 heteroatoms. The third-order valence-electron chi connectivity index (χ3n) is 2.67. The molecule has 1 aromatic rings. The normalized spacial score (nSPS) is 12.3. The minimum absolute atomic E-state index is 0.00396. The number of non-ortho nitro benzene ring substituents is 1. The maximum atomic E-state index is 12.5. The fraction of sp³-hybridized carbons (Fsp3) is 0.364. The van der Waals surface area contributed by atoms with Gasteiger partial charge >= 0.3 is 6.18 Å². The van der Waals surface area contributed by atoms with E-state index in [4.69, 9.17) is 10.9 Å². The standard InChI is InChI=1S/C11H13F3N4O3/c1-2-17(6-11(12,13)14)9-4-3-7(18(20)21)5-8(9)10(15)16-19/h3-5,19H,2,6H2,1H3,(H2,15,16). The molecule has 0 unspecified atom stereocenters. The van der Waals surface area contributed by atoms with Gasteiger partial charge in [0.2, 0.25) is 0 Å². The van der Waals surface area contributed by atoms with Crippen LogP contribution in [0.15, 0.2) is 23.4 Å². The fourth-order valence-corrected chi connectivity index (χ4v) is 1.76. The SMILES string of the molecule is CCN(CC(F)(F)F)c1ccc([N+](=O)[O-])cc1C(N)=NO. The van der Waals surface area contributed by atoms with Crippen molar-refractivity contribution < 1.29 is 23.3 Å². The van der Waals surface area contributed by atoms with Crippen LogP contribution in [0.3, 0.4) is 0 Å². The number of nitrogens with zero attached hydrogens (tertiary/aromatic N) is 3. The Labute approximate surface area is 117 Å². The summed E-state index contributed by atoms with van der Waals surface area (Å²) in [5.41, 5.74) is 4.87. The molecule has 0 radical (unpaired) electrons. The molecule has 3 N–H and O–H groups in total. The molecule has 0 aliphatic rings. The van der Waals surface area contributed by atoms with Gasteiger partial charge in [0.25, 0.3) is 5.69 Å². The summed E-state index contributed by atoms with van der Waals surface area (Å²) in [6, 6.07) is 3.16. The first-order chi connectivity index (χ1) is 9.69. The monoisotopic (exact) mass is 306 g/mol. The molecular weight excluding hydrogens is 293 g/mol. The van der Waals surface area contributed by atoms with Crippen molar-refractivity contribution in [2.75, 3.05) is 18.0 Å². The van der Waals surface area contributed by atoms with Gasteiger partial charge in [0.1, 0.15) is 6.54 Å². The van der Waals surface area contributed by atoms with Crippen LogP contribution in [-0.2, 0) is 0 Å². The summed E-state index contributed by atoms with van der Waals surface area (Å²) in [6.07, 6.45) is -4.46. The molecule has 0 saturated carbocycles. The van der Waals surface area contributed by atoms with Gasteiger partial charge in [0.05, 0.1) is 10.5 Å². The minimum atomic E-state index is -4.46. The lowest BCUT2D eigenvalue weighted by molar-refractivity contribution is -0.384. The molecule has 116 valence electrons. The van der Waals surface area contributed by atoms with E-state index < -0.39 is 23.5 Å². The quantitative estimate of drug-likeness (QED) is 0.285. The van der Waals surface area contributed by atoms with E-state index in [9.17, 15) is 23.3 Å². The summed E-state index contributed by atoms with van der Waals surface area (Å²) in [4.78, 5) is 10.9. The van der Waals surface area contributed by atoms with Crippen LogP contribution in [0.1, 0.15) is 12.5 Å². The Morgan fingerprint density at radius 3 is 2.57 bits per heavy atom. The molecule has 21 heavy (non-hydrogen) atoms. The average molecular weight is 306 g/mol. The molecule has 0 atom stereocenters. The van der Waals surface area contributed by atoms with Crippen LogP contribution >= 0.6 is 0 Å². The van der Waals surface area contributed by atoms with E-state index in [1.807, 2.05) is 0 Å². The highest BCUT2D eigenvalue weighted by Crippen LogP contribution is 2.28. The van der Waals surface area contributed by atoms with Gasteiger partial charge in [-0.1, -0.05) is 5.16 Å². The van der Waals surface area contributed by atoms with E-state index in [0.717, 1.165) is 23.1 Å². The first kappa shape index (κ1) is 16.5. The van der Waals surface area contributed by atoms with E-state index in [1.165, 1.54) is 6.92 Å². The van der Waals surface area contributed by atoms with Gasteiger partial charge in [-0.15, -0.1) is 0 Å². The maximum Gasteiger partial charge on any atom is 0.405 e. The van der Waals surface area contributed by atoms with Gasteiger partial charge in [0, 0.05) is 24.4 Å².